The molecule has 7 nitrogen and oxygen atoms in total. The van der Waals surface area contributed by atoms with E-state index in [0.29, 0.717) is 27.1 Å². The van der Waals surface area contributed by atoms with Crippen molar-refractivity contribution in [2.75, 3.05) is 5.32 Å². The highest BCUT2D eigenvalue weighted by molar-refractivity contribution is 7.20. The molecule has 0 radical (unpaired) electrons. The van der Waals surface area contributed by atoms with Crippen LogP contribution in [-0.4, -0.2) is 21.4 Å². The summed E-state index contributed by atoms with van der Waals surface area (Å²) in [7, 11) is 0. The van der Waals surface area contributed by atoms with Crippen LogP contribution in [-0.2, 0) is 4.79 Å². The molecule has 1 atom stereocenters. The molecule has 0 aliphatic rings. The zero-order chi connectivity index (χ0) is 20.6. The first-order valence-electron chi connectivity index (χ1n) is 8.93. The Hall–Kier alpha value is -3.00. The van der Waals surface area contributed by atoms with Crippen molar-refractivity contribution in [2.24, 2.45) is 5.73 Å². The molecule has 1 unspecified atom stereocenters. The Kier molecular flexibility index (Phi) is 5.33. The molecular formula is C20H22N4O3S. The van der Waals surface area contributed by atoms with Gasteiger partial charge in [-0.3, -0.25) is 19.0 Å². The summed E-state index contributed by atoms with van der Waals surface area (Å²) in [5, 5.41) is 3.28. The lowest BCUT2D eigenvalue weighted by molar-refractivity contribution is -0.119. The van der Waals surface area contributed by atoms with Gasteiger partial charge >= 0.3 is 0 Å². The van der Waals surface area contributed by atoms with Crippen LogP contribution in [0.1, 0.15) is 45.7 Å². The number of nitrogens with zero attached hydrogens (tertiary/aromatic N) is 2. The molecule has 2 aromatic heterocycles. The molecule has 0 bridgehead atoms. The number of hydrogen-bond donors (Lipinski definition) is 2. The molecule has 0 saturated carbocycles. The fourth-order valence-corrected chi connectivity index (χ4v) is 4.31. The van der Waals surface area contributed by atoms with E-state index in [1.54, 1.807) is 6.92 Å². The second-order valence-corrected chi connectivity index (χ2v) is 7.74. The van der Waals surface area contributed by atoms with Crippen molar-refractivity contribution in [1.82, 2.24) is 9.55 Å². The summed E-state index contributed by atoms with van der Waals surface area (Å²) < 4.78 is 1.33. The van der Waals surface area contributed by atoms with E-state index in [2.05, 4.69) is 10.3 Å². The van der Waals surface area contributed by atoms with Crippen LogP contribution in [0, 0.1) is 20.8 Å². The molecule has 0 fully saturated rings. The monoisotopic (exact) mass is 398 g/mol. The van der Waals surface area contributed by atoms with Gasteiger partial charge in [0.25, 0.3) is 11.5 Å². The van der Waals surface area contributed by atoms with Gasteiger partial charge in [0.15, 0.2) is 0 Å². The number of carbonyl (C=O) groups excluding carboxylic acids is 2. The third-order valence-electron chi connectivity index (χ3n) is 4.85. The van der Waals surface area contributed by atoms with Crippen molar-refractivity contribution < 1.29 is 9.59 Å². The summed E-state index contributed by atoms with van der Waals surface area (Å²) in [6.07, 6.45) is 1.78. The van der Waals surface area contributed by atoms with Crippen molar-refractivity contribution in [3.05, 3.63) is 56.4 Å². The maximum absolute atomic E-state index is 13.1. The van der Waals surface area contributed by atoms with E-state index in [9.17, 15) is 14.4 Å². The molecule has 3 N–H and O–H groups in total. The van der Waals surface area contributed by atoms with E-state index in [0.717, 1.165) is 28.2 Å². The molecule has 8 heteroatoms. The molecule has 146 valence electrons. The molecule has 0 saturated heterocycles. The number of thiophene rings is 1. The van der Waals surface area contributed by atoms with Gasteiger partial charge < -0.3 is 11.1 Å². The van der Waals surface area contributed by atoms with Crippen molar-refractivity contribution in [1.29, 1.82) is 0 Å². The van der Waals surface area contributed by atoms with Gasteiger partial charge in [-0.05, 0) is 43.9 Å². The quantitative estimate of drug-likeness (QED) is 0.689. The van der Waals surface area contributed by atoms with Gasteiger partial charge in [0.2, 0.25) is 5.91 Å². The Labute approximate surface area is 166 Å². The van der Waals surface area contributed by atoms with Crippen LogP contribution in [0.25, 0.3) is 10.2 Å². The summed E-state index contributed by atoms with van der Waals surface area (Å²) in [6, 6.07) is 5.04. The average Bonchev–Trinajstić information content (AvgIpc) is 2.98. The summed E-state index contributed by atoms with van der Waals surface area (Å²) in [4.78, 5) is 42.7. The highest BCUT2D eigenvalue weighted by Gasteiger charge is 2.24. The van der Waals surface area contributed by atoms with Crippen LogP contribution in [0.15, 0.2) is 29.3 Å². The maximum Gasteiger partial charge on any atom is 0.263 e. The highest BCUT2D eigenvalue weighted by atomic mass is 32.1. The standard InChI is InChI=1S/C20H22N4O3S/c1-5-13(18(26)23-15-10(2)7-6-8-11(15)3)24-9-22-19-14(20(24)27)12(4)16(28-19)17(21)25/h6-9,13H,5H2,1-4H3,(H2,21,25)(H,23,26). The fourth-order valence-electron chi connectivity index (χ4n) is 3.32. The van der Waals surface area contributed by atoms with Crippen LogP contribution in [0.3, 0.4) is 0 Å². The topological polar surface area (TPSA) is 107 Å². The number of fused-ring (bicyclic) bond motifs is 1. The Morgan fingerprint density at radius 1 is 1.25 bits per heavy atom. The van der Waals surface area contributed by atoms with Gasteiger partial charge in [-0.15, -0.1) is 11.3 Å². The van der Waals surface area contributed by atoms with Crippen LogP contribution in [0.2, 0.25) is 0 Å². The van der Waals surface area contributed by atoms with E-state index in [1.807, 2.05) is 39.0 Å². The number of amides is 2. The highest BCUT2D eigenvalue weighted by Crippen LogP contribution is 2.27. The Bertz CT molecular complexity index is 1130. The minimum atomic E-state index is -0.722. The lowest BCUT2D eigenvalue weighted by Crippen LogP contribution is -2.33. The fraction of sp³-hybridized carbons (Fsp3) is 0.300. The zero-order valence-electron chi connectivity index (χ0n) is 16.2. The van der Waals surface area contributed by atoms with Gasteiger partial charge in [0.05, 0.1) is 16.6 Å². The van der Waals surface area contributed by atoms with Crippen LogP contribution in [0.4, 0.5) is 5.69 Å². The molecule has 3 aromatic rings. The number of primary amides is 1. The molecule has 1 aromatic carbocycles. The van der Waals surface area contributed by atoms with Gasteiger partial charge in [-0.2, -0.15) is 0 Å². The Balaban J connectivity index is 2.05. The van der Waals surface area contributed by atoms with E-state index in [1.165, 1.54) is 10.9 Å². The number of para-hydroxylation sites is 1. The molecule has 2 amide bonds. The largest absolute Gasteiger partial charge is 0.365 e. The lowest BCUT2D eigenvalue weighted by atomic mass is 10.1. The molecule has 0 aliphatic carbocycles. The van der Waals surface area contributed by atoms with Crippen LogP contribution in [0.5, 0.6) is 0 Å². The van der Waals surface area contributed by atoms with E-state index in [4.69, 9.17) is 5.73 Å². The van der Waals surface area contributed by atoms with Crippen molar-refractivity contribution in [2.45, 2.75) is 40.2 Å². The molecular weight excluding hydrogens is 376 g/mol. The lowest BCUT2D eigenvalue weighted by Gasteiger charge is -2.19. The molecule has 0 aliphatic heterocycles. The number of aryl methyl sites for hydroxylation is 3. The minimum absolute atomic E-state index is 0.286. The summed E-state index contributed by atoms with van der Waals surface area (Å²) in [6.45, 7) is 7.35. The minimum Gasteiger partial charge on any atom is -0.365 e. The Morgan fingerprint density at radius 3 is 2.46 bits per heavy atom. The van der Waals surface area contributed by atoms with E-state index < -0.39 is 11.9 Å². The predicted molar refractivity (Wildman–Crippen MR) is 111 cm³/mol. The Morgan fingerprint density at radius 2 is 1.89 bits per heavy atom. The van der Waals surface area contributed by atoms with E-state index in [-0.39, 0.29) is 11.5 Å². The third kappa shape index (κ3) is 3.31. The van der Waals surface area contributed by atoms with Crippen LogP contribution < -0.4 is 16.6 Å². The SMILES string of the molecule is CCC(C(=O)Nc1c(C)cccc1C)n1cnc2sc(C(N)=O)c(C)c2c1=O. The maximum atomic E-state index is 13.1. The number of nitrogens with two attached hydrogens (primary N) is 1. The van der Waals surface area contributed by atoms with Crippen LogP contribution >= 0.6 is 11.3 Å². The van der Waals surface area contributed by atoms with Crippen molar-refractivity contribution in [3.8, 4) is 0 Å². The zero-order valence-corrected chi connectivity index (χ0v) is 17.0. The van der Waals surface area contributed by atoms with Gasteiger partial charge in [0.1, 0.15) is 10.9 Å². The molecule has 28 heavy (non-hydrogen) atoms. The smallest absolute Gasteiger partial charge is 0.263 e. The van der Waals surface area contributed by atoms with Crippen molar-refractivity contribution >= 4 is 39.1 Å². The number of carbonyl (C=O) groups is 2. The second kappa shape index (κ2) is 7.55. The summed E-state index contributed by atoms with van der Waals surface area (Å²) >= 11 is 1.09. The summed E-state index contributed by atoms with van der Waals surface area (Å²) in [5.41, 5.74) is 8.18. The first-order chi connectivity index (χ1) is 13.3. The van der Waals surface area contributed by atoms with E-state index >= 15 is 0 Å². The number of nitrogens with one attached hydrogen (secondary N) is 1. The number of anilines is 1. The van der Waals surface area contributed by atoms with Gasteiger partial charge in [0, 0.05) is 5.69 Å². The predicted octanol–water partition coefficient (Wildman–Crippen LogP) is 3.07. The summed E-state index contributed by atoms with van der Waals surface area (Å²) in [5.74, 6) is -0.877. The number of aromatic nitrogens is 2. The second-order valence-electron chi connectivity index (χ2n) is 6.74. The third-order valence-corrected chi connectivity index (χ3v) is 6.07. The molecule has 2 heterocycles. The van der Waals surface area contributed by atoms with Gasteiger partial charge in [-0.25, -0.2) is 4.98 Å². The first kappa shape index (κ1) is 19.8. The molecule has 3 rings (SSSR count). The number of hydrogen-bond acceptors (Lipinski definition) is 5. The number of rotatable bonds is 5. The average molecular weight is 398 g/mol. The molecule has 0 spiro atoms. The van der Waals surface area contributed by atoms with Gasteiger partial charge in [-0.1, -0.05) is 25.1 Å². The normalized spacial score (nSPS) is 12.1. The first-order valence-corrected chi connectivity index (χ1v) is 9.75. The number of benzene rings is 1. The van der Waals surface area contributed by atoms with Crippen molar-refractivity contribution in [3.63, 3.8) is 0 Å².